The van der Waals surface area contributed by atoms with Crippen LogP contribution >= 0.6 is 23.1 Å². The number of rotatable bonds is 6. The first-order valence-corrected chi connectivity index (χ1v) is 10.6. The molecular formula is C18H22N2O3S2. The van der Waals surface area contributed by atoms with Gasteiger partial charge in [0.05, 0.1) is 17.9 Å². The standard InChI is InChI=1S/C18H22N2O3S2/c1-2-23-17(22)18(8-5-9-18)24-11-15(21)20-16-13(10-19)12-6-3-4-7-14(12)25-16/h2-9,11H2,1H3,(H,20,21). The molecule has 3 rings (SSSR count). The van der Waals surface area contributed by atoms with Gasteiger partial charge in [0.15, 0.2) is 0 Å². The fourth-order valence-electron chi connectivity index (χ4n) is 3.31. The van der Waals surface area contributed by atoms with Crippen LogP contribution in [0.3, 0.4) is 0 Å². The molecule has 0 aliphatic heterocycles. The molecule has 0 radical (unpaired) electrons. The Morgan fingerprint density at radius 1 is 1.32 bits per heavy atom. The molecule has 0 saturated heterocycles. The zero-order valence-electron chi connectivity index (χ0n) is 14.4. The van der Waals surface area contributed by atoms with Crippen LogP contribution in [0.5, 0.6) is 0 Å². The molecule has 25 heavy (non-hydrogen) atoms. The van der Waals surface area contributed by atoms with Crippen molar-refractivity contribution in [3.63, 3.8) is 0 Å². The lowest BCUT2D eigenvalue weighted by Gasteiger charge is -2.38. The van der Waals surface area contributed by atoms with Gasteiger partial charge in [-0.2, -0.15) is 5.26 Å². The summed E-state index contributed by atoms with van der Waals surface area (Å²) in [5.74, 6) is -0.161. The summed E-state index contributed by atoms with van der Waals surface area (Å²) in [6.45, 7) is 2.16. The molecule has 134 valence electrons. The van der Waals surface area contributed by atoms with Gasteiger partial charge in [-0.05, 0) is 57.4 Å². The smallest absolute Gasteiger partial charge is 0.322 e. The summed E-state index contributed by atoms with van der Waals surface area (Å²) < 4.78 is 4.60. The first-order valence-electron chi connectivity index (χ1n) is 8.75. The Morgan fingerprint density at radius 2 is 2.08 bits per heavy atom. The van der Waals surface area contributed by atoms with E-state index in [0.717, 1.165) is 50.5 Å². The predicted molar refractivity (Wildman–Crippen MR) is 100.0 cm³/mol. The number of fused-ring (bicyclic) bond motifs is 1. The maximum absolute atomic E-state index is 12.4. The number of carbonyl (C=O) groups is 2. The number of nitriles is 1. The number of nitrogens with zero attached hydrogens (tertiary/aromatic N) is 1. The summed E-state index contributed by atoms with van der Waals surface area (Å²) in [5, 5.41) is 13.0. The van der Waals surface area contributed by atoms with Gasteiger partial charge in [0.1, 0.15) is 15.8 Å². The topological polar surface area (TPSA) is 79.2 Å². The zero-order valence-corrected chi connectivity index (χ0v) is 16.0. The Balaban J connectivity index is 1.63. The summed E-state index contributed by atoms with van der Waals surface area (Å²) in [6.07, 6.45) is 6.68. The normalized spacial score (nSPS) is 17.8. The number of hydrogen-bond acceptors (Lipinski definition) is 6. The third-order valence-corrected chi connectivity index (χ3v) is 7.57. The highest BCUT2D eigenvalue weighted by Gasteiger charge is 2.46. The molecular weight excluding hydrogens is 356 g/mol. The monoisotopic (exact) mass is 378 g/mol. The second-order valence-corrected chi connectivity index (χ2v) is 8.90. The molecule has 1 amide bonds. The number of hydrogen-bond donors (Lipinski definition) is 1. The van der Waals surface area contributed by atoms with Crippen LogP contribution in [-0.2, 0) is 27.2 Å². The molecule has 0 bridgehead atoms. The highest BCUT2D eigenvalue weighted by Crippen LogP contribution is 2.45. The summed E-state index contributed by atoms with van der Waals surface area (Å²) in [5.41, 5.74) is 1.74. The van der Waals surface area contributed by atoms with E-state index in [0.29, 0.717) is 17.2 Å². The zero-order chi connectivity index (χ0) is 17.9. The number of ether oxygens (including phenoxy) is 1. The van der Waals surface area contributed by atoms with Crippen LogP contribution in [0.4, 0.5) is 5.00 Å². The molecule has 1 saturated carbocycles. The van der Waals surface area contributed by atoms with Crippen LogP contribution in [0, 0.1) is 11.3 Å². The number of anilines is 1. The molecule has 7 heteroatoms. The van der Waals surface area contributed by atoms with Gasteiger partial charge in [0, 0.05) is 4.88 Å². The van der Waals surface area contributed by atoms with E-state index < -0.39 is 4.75 Å². The minimum absolute atomic E-state index is 0.157. The van der Waals surface area contributed by atoms with Crippen molar-refractivity contribution in [1.82, 2.24) is 0 Å². The quantitative estimate of drug-likeness (QED) is 0.764. The number of esters is 1. The molecule has 0 atom stereocenters. The molecule has 1 fully saturated rings. The van der Waals surface area contributed by atoms with Crippen molar-refractivity contribution in [3.8, 4) is 6.07 Å². The second-order valence-electron chi connectivity index (χ2n) is 6.43. The van der Waals surface area contributed by atoms with Crippen molar-refractivity contribution in [1.29, 1.82) is 5.26 Å². The van der Waals surface area contributed by atoms with E-state index >= 15 is 0 Å². The minimum Gasteiger partial charge on any atom is -0.465 e. The van der Waals surface area contributed by atoms with E-state index in [1.54, 1.807) is 6.92 Å². The number of aryl methyl sites for hydroxylation is 1. The fourth-order valence-corrected chi connectivity index (χ4v) is 5.80. The Hall–Kier alpha value is -1.52. The molecule has 1 heterocycles. The lowest BCUT2D eigenvalue weighted by atomic mass is 9.84. The van der Waals surface area contributed by atoms with Gasteiger partial charge in [0.2, 0.25) is 5.91 Å². The summed E-state index contributed by atoms with van der Waals surface area (Å²) in [6, 6.07) is 2.25. The maximum Gasteiger partial charge on any atom is 0.322 e. The van der Waals surface area contributed by atoms with Crippen molar-refractivity contribution in [2.75, 3.05) is 17.7 Å². The van der Waals surface area contributed by atoms with Crippen molar-refractivity contribution >= 4 is 40.0 Å². The summed E-state index contributed by atoms with van der Waals surface area (Å²) in [4.78, 5) is 25.7. The molecule has 0 aromatic carbocycles. The number of amides is 1. The highest BCUT2D eigenvalue weighted by molar-refractivity contribution is 8.02. The van der Waals surface area contributed by atoms with Gasteiger partial charge in [-0.3, -0.25) is 9.59 Å². The average Bonchev–Trinajstić information content (AvgIpc) is 2.91. The highest BCUT2D eigenvalue weighted by atomic mass is 32.2. The van der Waals surface area contributed by atoms with E-state index in [-0.39, 0.29) is 17.6 Å². The van der Waals surface area contributed by atoms with E-state index in [9.17, 15) is 14.9 Å². The molecule has 0 unspecified atom stereocenters. The lowest BCUT2D eigenvalue weighted by molar-refractivity contribution is -0.148. The van der Waals surface area contributed by atoms with E-state index in [2.05, 4.69) is 11.4 Å². The number of thiophene rings is 1. The molecule has 1 aromatic heterocycles. The van der Waals surface area contributed by atoms with E-state index in [1.807, 2.05) is 0 Å². The van der Waals surface area contributed by atoms with Crippen LogP contribution in [-0.4, -0.2) is 29.0 Å². The van der Waals surface area contributed by atoms with E-state index in [1.165, 1.54) is 28.0 Å². The van der Waals surface area contributed by atoms with Gasteiger partial charge < -0.3 is 10.1 Å². The third-order valence-electron chi connectivity index (χ3n) is 4.82. The van der Waals surface area contributed by atoms with Gasteiger partial charge in [-0.15, -0.1) is 23.1 Å². The van der Waals surface area contributed by atoms with Gasteiger partial charge in [0.25, 0.3) is 0 Å². The Labute approximate surface area is 156 Å². The fraction of sp³-hybridized carbons (Fsp3) is 0.611. The molecule has 2 aliphatic carbocycles. The van der Waals surface area contributed by atoms with Crippen molar-refractivity contribution in [2.45, 2.75) is 56.6 Å². The van der Waals surface area contributed by atoms with Crippen LogP contribution < -0.4 is 5.32 Å². The van der Waals surface area contributed by atoms with E-state index in [4.69, 9.17) is 4.74 Å². The third kappa shape index (κ3) is 3.70. The number of thioether (sulfide) groups is 1. The van der Waals surface area contributed by atoms with Crippen LogP contribution in [0.2, 0.25) is 0 Å². The number of carbonyl (C=O) groups excluding carboxylic acids is 2. The first kappa shape index (κ1) is 18.3. The second kappa shape index (κ2) is 7.79. The average molecular weight is 379 g/mol. The minimum atomic E-state index is -0.555. The largest absolute Gasteiger partial charge is 0.465 e. The molecule has 0 spiro atoms. The Bertz CT molecular complexity index is 717. The summed E-state index contributed by atoms with van der Waals surface area (Å²) >= 11 is 2.90. The maximum atomic E-state index is 12.4. The van der Waals surface area contributed by atoms with Crippen molar-refractivity contribution in [3.05, 3.63) is 16.0 Å². The van der Waals surface area contributed by atoms with Crippen LogP contribution in [0.25, 0.3) is 0 Å². The molecule has 1 N–H and O–H groups in total. The summed E-state index contributed by atoms with van der Waals surface area (Å²) in [7, 11) is 0. The lowest BCUT2D eigenvalue weighted by Crippen LogP contribution is -2.44. The van der Waals surface area contributed by atoms with Gasteiger partial charge >= 0.3 is 5.97 Å². The first-order chi connectivity index (χ1) is 12.1. The molecule has 5 nitrogen and oxygen atoms in total. The van der Waals surface area contributed by atoms with Crippen LogP contribution in [0.15, 0.2) is 0 Å². The number of nitrogens with one attached hydrogen (secondary N) is 1. The molecule has 1 aromatic rings. The van der Waals surface area contributed by atoms with Crippen molar-refractivity contribution in [2.24, 2.45) is 0 Å². The Kier molecular flexibility index (Phi) is 5.70. The van der Waals surface area contributed by atoms with Gasteiger partial charge in [-0.1, -0.05) is 0 Å². The van der Waals surface area contributed by atoms with Crippen molar-refractivity contribution < 1.29 is 14.3 Å². The predicted octanol–water partition coefficient (Wildman–Crippen LogP) is 3.66. The molecule has 2 aliphatic rings. The van der Waals surface area contributed by atoms with Gasteiger partial charge in [-0.25, -0.2) is 0 Å². The van der Waals surface area contributed by atoms with Crippen LogP contribution in [0.1, 0.15) is 55.0 Å². The SMILES string of the molecule is CCOC(=O)C1(SCC(=O)Nc2sc3c(c2C#N)CCCC3)CCC1. The Morgan fingerprint density at radius 3 is 2.72 bits per heavy atom.